The molecule has 0 saturated carbocycles. The molecule has 3 aromatic rings. The second-order valence-corrected chi connectivity index (χ2v) is 6.61. The molecule has 0 spiro atoms. The predicted octanol–water partition coefficient (Wildman–Crippen LogP) is 5.51. The zero-order valence-corrected chi connectivity index (χ0v) is 14.7. The van der Waals surface area contributed by atoms with E-state index in [4.69, 9.17) is 28.2 Å². The molecule has 0 amide bonds. The van der Waals surface area contributed by atoms with E-state index >= 15 is 0 Å². The van der Waals surface area contributed by atoms with Crippen molar-refractivity contribution in [3.05, 3.63) is 86.4 Å². The van der Waals surface area contributed by atoms with Crippen LogP contribution in [0.5, 0.6) is 0 Å². The van der Waals surface area contributed by atoms with Crippen molar-refractivity contribution in [1.82, 2.24) is 9.97 Å². The molecule has 0 aliphatic heterocycles. The van der Waals surface area contributed by atoms with Gasteiger partial charge in [0.15, 0.2) is 0 Å². The van der Waals surface area contributed by atoms with E-state index in [2.05, 4.69) is 36.2 Å². The van der Waals surface area contributed by atoms with Gasteiger partial charge < -0.3 is 4.98 Å². The highest BCUT2D eigenvalue weighted by molar-refractivity contribution is 6.35. The van der Waals surface area contributed by atoms with Crippen molar-refractivity contribution in [3.63, 3.8) is 0 Å². The monoisotopic (exact) mass is 344 g/mol. The molecule has 118 valence electrons. The van der Waals surface area contributed by atoms with Gasteiger partial charge in [-0.25, -0.2) is 4.98 Å². The number of imidazole rings is 1. The quantitative estimate of drug-likeness (QED) is 0.663. The van der Waals surface area contributed by atoms with Gasteiger partial charge in [0, 0.05) is 28.6 Å². The van der Waals surface area contributed by atoms with Crippen LogP contribution in [0.1, 0.15) is 33.9 Å². The van der Waals surface area contributed by atoms with Gasteiger partial charge in [-0.2, -0.15) is 0 Å². The number of nitrogens with one attached hydrogen (secondary N) is 1. The second-order valence-electron chi connectivity index (χ2n) is 5.77. The highest BCUT2D eigenvalue weighted by atomic mass is 35.5. The summed E-state index contributed by atoms with van der Waals surface area (Å²) in [4.78, 5) is 8.15. The van der Waals surface area contributed by atoms with E-state index < -0.39 is 0 Å². The lowest BCUT2D eigenvalue weighted by Crippen LogP contribution is -1.95. The van der Waals surface area contributed by atoms with Gasteiger partial charge in [-0.3, -0.25) is 0 Å². The van der Waals surface area contributed by atoms with E-state index in [0.29, 0.717) is 16.5 Å². The number of halogens is 2. The van der Waals surface area contributed by atoms with E-state index in [1.807, 2.05) is 19.1 Å². The Hall–Kier alpha value is -1.77. The summed E-state index contributed by atoms with van der Waals surface area (Å²) in [6.45, 7) is 4.17. The van der Waals surface area contributed by atoms with Gasteiger partial charge >= 0.3 is 0 Å². The lowest BCUT2D eigenvalue weighted by atomic mass is 10.1. The molecule has 1 heterocycles. The number of H-pyrrole nitrogens is 1. The third-order valence-electron chi connectivity index (χ3n) is 4.03. The Labute approximate surface area is 146 Å². The Kier molecular flexibility index (Phi) is 4.74. The summed E-state index contributed by atoms with van der Waals surface area (Å²) >= 11 is 12.2. The average molecular weight is 345 g/mol. The zero-order valence-electron chi connectivity index (χ0n) is 13.2. The van der Waals surface area contributed by atoms with Crippen molar-refractivity contribution >= 4 is 23.2 Å². The summed E-state index contributed by atoms with van der Waals surface area (Å²) in [7, 11) is 0. The zero-order chi connectivity index (χ0) is 16.4. The Morgan fingerprint density at radius 2 is 1.74 bits per heavy atom. The number of aromatic nitrogens is 2. The molecule has 2 nitrogen and oxygen atoms in total. The van der Waals surface area contributed by atoms with Crippen molar-refractivity contribution < 1.29 is 0 Å². The highest BCUT2D eigenvalue weighted by Crippen LogP contribution is 2.24. The van der Waals surface area contributed by atoms with Gasteiger partial charge in [0.05, 0.1) is 5.69 Å². The molecule has 3 rings (SSSR count). The lowest BCUT2D eigenvalue weighted by molar-refractivity contribution is 0.991. The van der Waals surface area contributed by atoms with Crippen LogP contribution in [-0.2, 0) is 12.8 Å². The van der Waals surface area contributed by atoms with Crippen LogP contribution in [-0.4, -0.2) is 9.97 Å². The smallest absolute Gasteiger partial charge is 0.111 e. The Bertz CT molecular complexity index is 837. The first-order valence-corrected chi connectivity index (χ1v) is 8.31. The molecule has 0 saturated heterocycles. The number of hydrogen-bond acceptors (Lipinski definition) is 1. The third-order valence-corrected chi connectivity index (χ3v) is 4.61. The van der Waals surface area contributed by atoms with E-state index in [1.165, 1.54) is 11.1 Å². The largest absolute Gasteiger partial charge is 0.346 e. The van der Waals surface area contributed by atoms with Gasteiger partial charge in [-0.15, -0.1) is 0 Å². The van der Waals surface area contributed by atoms with Crippen LogP contribution >= 0.6 is 23.2 Å². The molecule has 1 aromatic heterocycles. The highest BCUT2D eigenvalue weighted by Gasteiger charge is 2.11. The van der Waals surface area contributed by atoms with E-state index in [0.717, 1.165) is 29.2 Å². The van der Waals surface area contributed by atoms with Crippen LogP contribution in [0.4, 0.5) is 0 Å². The minimum atomic E-state index is 0.651. The Balaban J connectivity index is 1.82. The summed E-state index contributed by atoms with van der Waals surface area (Å²) in [5.74, 6) is 0.983. The van der Waals surface area contributed by atoms with Crippen LogP contribution in [0.2, 0.25) is 10.0 Å². The molecule has 2 aromatic carbocycles. The van der Waals surface area contributed by atoms with Crippen molar-refractivity contribution in [2.45, 2.75) is 26.7 Å². The number of benzene rings is 2. The molecule has 0 atom stereocenters. The standard InChI is InChI=1S/C19H18Cl2N2/c1-12-5-3-4-6-14(12)10-19-22-13(2)18(23-19)9-15-7-8-16(20)11-17(15)21/h3-8,11H,9-10H2,1-2H3,(H,22,23). The van der Waals surface area contributed by atoms with Crippen molar-refractivity contribution in [1.29, 1.82) is 0 Å². The Morgan fingerprint density at radius 3 is 2.48 bits per heavy atom. The molecule has 0 unspecified atom stereocenters. The Morgan fingerprint density at radius 1 is 0.957 bits per heavy atom. The summed E-state index contributed by atoms with van der Waals surface area (Å²) < 4.78 is 0. The number of nitrogens with zero attached hydrogens (tertiary/aromatic N) is 1. The van der Waals surface area contributed by atoms with Crippen LogP contribution in [0, 0.1) is 13.8 Å². The summed E-state index contributed by atoms with van der Waals surface area (Å²) in [5.41, 5.74) is 5.71. The SMILES string of the molecule is Cc1ccccc1Cc1nc(Cc2ccc(Cl)cc2Cl)c(C)[nH]1. The molecule has 23 heavy (non-hydrogen) atoms. The van der Waals surface area contributed by atoms with Gasteiger partial charge in [0.2, 0.25) is 0 Å². The normalized spacial score (nSPS) is 11.0. The molecule has 1 N–H and O–H groups in total. The lowest BCUT2D eigenvalue weighted by Gasteiger charge is -2.03. The topological polar surface area (TPSA) is 28.7 Å². The average Bonchev–Trinajstić information content (AvgIpc) is 2.84. The van der Waals surface area contributed by atoms with Crippen molar-refractivity contribution in [2.24, 2.45) is 0 Å². The predicted molar refractivity (Wildman–Crippen MR) is 96.6 cm³/mol. The number of hydrogen-bond donors (Lipinski definition) is 1. The molecular weight excluding hydrogens is 327 g/mol. The maximum Gasteiger partial charge on any atom is 0.111 e. The first-order valence-electron chi connectivity index (χ1n) is 7.55. The molecule has 0 bridgehead atoms. The fraction of sp³-hybridized carbons (Fsp3) is 0.211. The minimum Gasteiger partial charge on any atom is -0.346 e. The van der Waals surface area contributed by atoms with Gasteiger partial charge in [-0.1, -0.05) is 53.5 Å². The number of rotatable bonds is 4. The molecule has 0 fully saturated rings. The molecule has 0 aliphatic carbocycles. The first kappa shape index (κ1) is 16.1. The van der Waals surface area contributed by atoms with E-state index in [9.17, 15) is 0 Å². The number of aromatic amines is 1. The maximum atomic E-state index is 6.27. The molecule has 0 radical (unpaired) electrons. The fourth-order valence-corrected chi connectivity index (χ4v) is 3.13. The van der Waals surface area contributed by atoms with Gasteiger partial charge in [0.25, 0.3) is 0 Å². The van der Waals surface area contributed by atoms with Crippen molar-refractivity contribution in [2.75, 3.05) is 0 Å². The van der Waals surface area contributed by atoms with Crippen LogP contribution < -0.4 is 0 Å². The van der Waals surface area contributed by atoms with Crippen LogP contribution in [0.15, 0.2) is 42.5 Å². The molecule has 4 heteroatoms. The van der Waals surface area contributed by atoms with Crippen molar-refractivity contribution in [3.8, 4) is 0 Å². The van der Waals surface area contributed by atoms with Crippen LogP contribution in [0.25, 0.3) is 0 Å². The fourth-order valence-electron chi connectivity index (χ4n) is 2.65. The number of aryl methyl sites for hydroxylation is 2. The first-order chi connectivity index (χ1) is 11.0. The van der Waals surface area contributed by atoms with E-state index in [-0.39, 0.29) is 0 Å². The van der Waals surface area contributed by atoms with Gasteiger partial charge in [-0.05, 0) is 42.7 Å². The second kappa shape index (κ2) is 6.77. The minimum absolute atomic E-state index is 0.651. The maximum absolute atomic E-state index is 6.27. The summed E-state index contributed by atoms with van der Waals surface area (Å²) in [5, 5.41) is 1.33. The van der Waals surface area contributed by atoms with E-state index in [1.54, 1.807) is 6.07 Å². The molecular formula is C19H18Cl2N2. The van der Waals surface area contributed by atoms with Crippen LogP contribution in [0.3, 0.4) is 0 Å². The summed E-state index contributed by atoms with van der Waals surface area (Å²) in [6, 6.07) is 14.0. The van der Waals surface area contributed by atoms with Gasteiger partial charge in [0.1, 0.15) is 5.82 Å². The molecule has 0 aliphatic rings. The summed E-state index contributed by atoms with van der Waals surface area (Å²) in [6.07, 6.45) is 1.51. The third kappa shape index (κ3) is 3.77.